The Labute approximate surface area is 127 Å². The van der Waals surface area contributed by atoms with E-state index in [0.29, 0.717) is 31.2 Å². The van der Waals surface area contributed by atoms with Gasteiger partial charge >= 0.3 is 0 Å². The first kappa shape index (κ1) is 14.1. The Bertz CT molecular complexity index is 639. The molecule has 0 saturated carbocycles. The Morgan fingerprint density at radius 3 is 2.76 bits per heavy atom. The summed E-state index contributed by atoms with van der Waals surface area (Å²) in [6.45, 7) is 3.07. The number of carbonyl (C=O) groups excluding carboxylic acids is 1. The SMILES string of the molecule is CSc1ccc(CN2CC(c3nc(C)no3)CC2=O)cc1. The summed E-state index contributed by atoms with van der Waals surface area (Å²) in [6.07, 6.45) is 2.50. The topological polar surface area (TPSA) is 59.2 Å². The van der Waals surface area contributed by atoms with Crippen molar-refractivity contribution in [2.75, 3.05) is 12.8 Å². The molecule has 1 saturated heterocycles. The van der Waals surface area contributed by atoms with E-state index in [4.69, 9.17) is 4.52 Å². The molecule has 1 aliphatic heterocycles. The number of aryl methyl sites for hydroxylation is 1. The number of likely N-dealkylation sites (tertiary alicyclic amines) is 1. The third kappa shape index (κ3) is 3.10. The van der Waals surface area contributed by atoms with Gasteiger partial charge in [-0.05, 0) is 30.9 Å². The second kappa shape index (κ2) is 5.89. The van der Waals surface area contributed by atoms with Crippen LogP contribution in [0.4, 0.5) is 0 Å². The van der Waals surface area contributed by atoms with E-state index in [2.05, 4.69) is 40.7 Å². The van der Waals surface area contributed by atoms with Gasteiger partial charge in [0.15, 0.2) is 5.82 Å². The number of hydrogen-bond donors (Lipinski definition) is 0. The van der Waals surface area contributed by atoms with E-state index in [1.165, 1.54) is 4.90 Å². The highest BCUT2D eigenvalue weighted by atomic mass is 32.2. The van der Waals surface area contributed by atoms with Gasteiger partial charge in [-0.1, -0.05) is 17.3 Å². The molecule has 0 N–H and O–H groups in total. The number of benzene rings is 1. The second-order valence-corrected chi connectivity index (χ2v) is 6.08. The van der Waals surface area contributed by atoms with Gasteiger partial charge in [-0.25, -0.2) is 0 Å². The van der Waals surface area contributed by atoms with Crippen LogP contribution in [0.15, 0.2) is 33.7 Å². The van der Waals surface area contributed by atoms with Crippen LogP contribution in [0.1, 0.15) is 29.6 Å². The van der Waals surface area contributed by atoms with Gasteiger partial charge in [-0.3, -0.25) is 4.79 Å². The van der Waals surface area contributed by atoms with Crippen molar-refractivity contribution < 1.29 is 9.32 Å². The summed E-state index contributed by atoms with van der Waals surface area (Å²) in [6, 6.07) is 8.31. The van der Waals surface area contributed by atoms with Crippen molar-refractivity contribution in [1.29, 1.82) is 0 Å². The average Bonchev–Trinajstić information content (AvgIpc) is 3.07. The lowest BCUT2D eigenvalue weighted by atomic mass is 10.1. The van der Waals surface area contributed by atoms with Crippen LogP contribution in [0.5, 0.6) is 0 Å². The molecule has 110 valence electrons. The Morgan fingerprint density at radius 1 is 1.38 bits per heavy atom. The quantitative estimate of drug-likeness (QED) is 0.813. The highest BCUT2D eigenvalue weighted by Gasteiger charge is 2.33. The Balaban J connectivity index is 1.67. The van der Waals surface area contributed by atoms with Crippen molar-refractivity contribution in [1.82, 2.24) is 15.0 Å². The average molecular weight is 303 g/mol. The monoisotopic (exact) mass is 303 g/mol. The molecule has 1 aromatic carbocycles. The van der Waals surface area contributed by atoms with Gasteiger partial charge in [0.2, 0.25) is 11.8 Å². The van der Waals surface area contributed by atoms with Gasteiger partial charge in [0.25, 0.3) is 0 Å². The number of rotatable bonds is 4. The van der Waals surface area contributed by atoms with Crippen LogP contribution >= 0.6 is 11.8 Å². The summed E-state index contributed by atoms with van der Waals surface area (Å²) in [5.41, 5.74) is 1.14. The van der Waals surface area contributed by atoms with E-state index in [0.717, 1.165) is 5.56 Å². The van der Waals surface area contributed by atoms with Crippen LogP contribution < -0.4 is 0 Å². The third-order valence-electron chi connectivity index (χ3n) is 3.64. The fraction of sp³-hybridized carbons (Fsp3) is 0.400. The number of thioether (sulfide) groups is 1. The fourth-order valence-electron chi connectivity index (χ4n) is 2.52. The van der Waals surface area contributed by atoms with E-state index in [9.17, 15) is 4.79 Å². The van der Waals surface area contributed by atoms with E-state index >= 15 is 0 Å². The summed E-state index contributed by atoms with van der Waals surface area (Å²) in [7, 11) is 0. The zero-order valence-corrected chi connectivity index (χ0v) is 12.9. The van der Waals surface area contributed by atoms with Crippen molar-refractivity contribution >= 4 is 17.7 Å². The van der Waals surface area contributed by atoms with Crippen LogP contribution in [0.3, 0.4) is 0 Å². The Morgan fingerprint density at radius 2 is 2.14 bits per heavy atom. The predicted molar refractivity (Wildman–Crippen MR) is 80.0 cm³/mol. The van der Waals surface area contributed by atoms with E-state index < -0.39 is 0 Å². The summed E-state index contributed by atoms with van der Waals surface area (Å²) in [5.74, 6) is 1.35. The van der Waals surface area contributed by atoms with Gasteiger partial charge in [-0.15, -0.1) is 11.8 Å². The minimum Gasteiger partial charge on any atom is -0.339 e. The summed E-state index contributed by atoms with van der Waals surface area (Å²) >= 11 is 1.71. The van der Waals surface area contributed by atoms with Crippen molar-refractivity contribution in [2.45, 2.75) is 30.7 Å². The van der Waals surface area contributed by atoms with E-state index in [1.54, 1.807) is 18.7 Å². The molecule has 1 aliphatic rings. The number of amides is 1. The normalized spacial score (nSPS) is 18.5. The Kier molecular flexibility index (Phi) is 3.96. The van der Waals surface area contributed by atoms with Gasteiger partial charge in [0, 0.05) is 24.4 Å². The first-order valence-electron chi connectivity index (χ1n) is 6.86. The molecule has 0 spiro atoms. The van der Waals surface area contributed by atoms with E-state index in [-0.39, 0.29) is 11.8 Å². The minimum absolute atomic E-state index is 0.0178. The number of carbonyl (C=O) groups is 1. The predicted octanol–water partition coefficient (Wildman–Crippen LogP) is 2.62. The van der Waals surface area contributed by atoms with E-state index in [1.807, 2.05) is 4.90 Å². The number of aromatic nitrogens is 2. The molecule has 0 radical (unpaired) electrons. The summed E-state index contributed by atoms with van der Waals surface area (Å²) < 4.78 is 5.18. The van der Waals surface area contributed by atoms with Crippen molar-refractivity contribution in [3.63, 3.8) is 0 Å². The first-order valence-corrected chi connectivity index (χ1v) is 8.09. The molecule has 2 aromatic rings. The van der Waals surface area contributed by atoms with Gasteiger partial charge in [0.1, 0.15) is 0 Å². The molecule has 2 heterocycles. The zero-order chi connectivity index (χ0) is 14.8. The largest absolute Gasteiger partial charge is 0.339 e. The maximum absolute atomic E-state index is 12.1. The molecule has 1 unspecified atom stereocenters. The minimum atomic E-state index is 0.0178. The van der Waals surface area contributed by atoms with Crippen LogP contribution in [-0.2, 0) is 11.3 Å². The number of hydrogen-bond acceptors (Lipinski definition) is 5. The fourth-order valence-corrected chi connectivity index (χ4v) is 2.93. The molecule has 5 nitrogen and oxygen atoms in total. The molecular weight excluding hydrogens is 286 g/mol. The molecular formula is C15H17N3O2S. The van der Waals surface area contributed by atoms with Crippen LogP contribution in [0, 0.1) is 6.92 Å². The van der Waals surface area contributed by atoms with Gasteiger partial charge in [-0.2, -0.15) is 4.98 Å². The summed E-state index contributed by atoms with van der Waals surface area (Å²) in [5, 5.41) is 3.80. The lowest BCUT2D eigenvalue weighted by molar-refractivity contribution is -0.128. The van der Waals surface area contributed by atoms with Gasteiger partial charge < -0.3 is 9.42 Å². The smallest absolute Gasteiger partial charge is 0.232 e. The maximum atomic E-state index is 12.1. The maximum Gasteiger partial charge on any atom is 0.232 e. The van der Waals surface area contributed by atoms with Crippen LogP contribution in [0.25, 0.3) is 0 Å². The second-order valence-electron chi connectivity index (χ2n) is 5.20. The molecule has 6 heteroatoms. The molecule has 3 rings (SSSR count). The third-order valence-corrected chi connectivity index (χ3v) is 4.38. The lowest BCUT2D eigenvalue weighted by Crippen LogP contribution is -2.24. The molecule has 1 atom stereocenters. The molecule has 1 amide bonds. The summed E-state index contributed by atoms with van der Waals surface area (Å²) in [4.78, 5) is 19.4. The van der Waals surface area contributed by atoms with Crippen LogP contribution in [0.2, 0.25) is 0 Å². The molecule has 1 fully saturated rings. The molecule has 0 bridgehead atoms. The highest BCUT2D eigenvalue weighted by Crippen LogP contribution is 2.28. The van der Waals surface area contributed by atoms with Crippen LogP contribution in [-0.4, -0.2) is 33.7 Å². The standard InChI is InChI=1S/C15H17N3O2S/c1-10-16-15(20-17-10)12-7-14(19)18(9-12)8-11-3-5-13(21-2)6-4-11/h3-6,12H,7-9H2,1-2H3. The van der Waals surface area contributed by atoms with Crippen molar-refractivity contribution in [3.8, 4) is 0 Å². The Hall–Kier alpha value is -1.82. The molecule has 0 aliphatic carbocycles. The zero-order valence-electron chi connectivity index (χ0n) is 12.1. The number of nitrogens with zero attached hydrogens (tertiary/aromatic N) is 3. The van der Waals surface area contributed by atoms with Gasteiger partial charge in [0.05, 0.1) is 5.92 Å². The highest BCUT2D eigenvalue weighted by molar-refractivity contribution is 7.98. The van der Waals surface area contributed by atoms with Crippen molar-refractivity contribution in [2.24, 2.45) is 0 Å². The first-order chi connectivity index (χ1) is 10.2. The lowest BCUT2D eigenvalue weighted by Gasteiger charge is -2.16. The van der Waals surface area contributed by atoms with Crippen molar-refractivity contribution in [3.05, 3.63) is 41.5 Å². The molecule has 1 aromatic heterocycles. The molecule has 21 heavy (non-hydrogen) atoms.